The summed E-state index contributed by atoms with van der Waals surface area (Å²) in [5, 5.41) is 3.35. The van der Waals surface area contributed by atoms with Crippen LogP contribution in [0.4, 0.5) is 8.78 Å². The molecular weight excluding hydrogens is 262 g/mol. The van der Waals surface area contributed by atoms with E-state index in [0.29, 0.717) is 18.2 Å². The maximum absolute atomic E-state index is 13.1. The summed E-state index contributed by atoms with van der Waals surface area (Å²) in [5.41, 5.74) is 0.513. The zero-order chi connectivity index (χ0) is 14.5. The van der Waals surface area contributed by atoms with Gasteiger partial charge in [0.2, 0.25) is 5.91 Å². The highest BCUT2D eigenvalue weighted by atomic mass is 19.2. The van der Waals surface area contributed by atoms with E-state index in [1.807, 2.05) is 6.92 Å². The summed E-state index contributed by atoms with van der Waals surface area (Å²) in [6, 6.07) is 3.96. The van der Waals surface area contributed by atoms with Gasteiger partial charge in [-0.05, 0) is 37.1 Å². The second-order valence-corrected chi connectivity index (χ2v) is 5.16. The third kappa shape index (κ3) is 3.76. The van der Waals surface area contributed by atoms with Gasteiger partial charge in [0.25, 0.3) is 0 Å². The summed E-state index contributed by atoms with van der Waals surface area (Å²) in [6.45, 7) is 4.36. The molecule has 0 bridgehead atoms. The third-order valence-electron chi connectivity index (χ3n) is 3.61. The fourth-order valence-corrected chi connectivity index (χ4v) is 2.59. The van der Waals surface area contributed by atoms with Crippen molar-refractivity contribution in [3.05, 3.63) is 35.4 Å². The van der Waals surface area contributed by atoms with Crippen LogP contribution in [0.3, 0.4) is 0 Å². The Bertz CT molecular complexity index is 477. The molecule has 1 unspecified atom stereocenters. The molecule has 5 heteroatoms. The number of benzene rings is 1. The highest BCUT2D eigenvalue weighted by Gasteiger charge is 2.23. The van der Waals surface area contributed by atoms with Gasteiger partial charge in [-0.25, -0.2) is 8.78 Å². The minimum Gasteiger partial charge on any atom is -0.341 e. The fourth-order valence-electron chi connectivity index (χ4n) is 2.59. The van der Waals surface area contributed by atoms with Crippen LogP contribution >= 0.6 is 0 Å². The van der Waals surface area contributed by atoms with E-state index >= 15 is 0 Å². The van der Waals surface area contributed by atoms with E-state index in [1.165, 1.54) is 6.07 Å². The quantitative estimate of drug-likeness (QED) is 0.917. The first-order chi connectivity index (χ1) is 9.60. The van der Waals surface area contributed by atoms with Gasteiger partial charge in [0.05, 0.1) is 6.42 Å². The van der Waals surface area contributed by atoms with E-state index < -0.39 is 11.6 Å². The van der Waals surface area contributed by atoms with Gasteiger partial charge in [-0.1, -0.05) is 13.0 Å². The van der Waals surface area contributed by atoms with Crippen molar-refractivity contribution < 1.29 is 13.6 Å². The number of hydrogen-bond donors (Lipinski definition) is 1. The lowest BCUT2D eigenvalue weighted by atomic mass is 10.0. The van der Waals surface area contributed by atoms with E-state index in [9.17, 15) is 13.6 Å². The van der Waals surface area contributed by atoms with Crippen molar-refractivity contribution in [1.29, 1.82) is 0 Å². The number of likely N-dealkylation sites (N-methyl/N-ethyl adjacent to an activating group) is 1. The second kappa shape index (κ2) is 6.79. The van der Waals surface area contributed by atoms with Gasteiger partial charge in [-0.15, -0.1) is 0 Å². The van der Waals surface area contributed by atoms with Crippen molar-refractivity contribution in [1.82, 2.24) is 10.2 Å². The smallest absolute Gasteiger partial charge is 0.227 e. The summed E-state index contributed by atoms with van der Waals surface area (Å²) < 4.78 is 26.0. The van der Waals surface area contributed by atoms with Crippen molar-refractivity contribution >= 4 is 5.91 Å². The number of carbonyl (C=O) groups is 1. The van der Waals surface area contributed by atoms with E-state index in [0.717, 1.165) is 38.1 Å². The molecule has 1 amide bonds. The fraction of sp³-hybridized carbons (Fsp3) is 0.533. The number of halogens is 2. The van der Waals surface area contributed by atoms with E-state index in [2.05, 4.69) is 5.32 Å². The highest BCUT2D eigenvalue weighted by molar-refractivity contribution is 5.78. The van der Waals surface area contributed by atoms with Crippen LogP contribution in [0, 0.1) is 11.6 Å². The van der Waals surface area contributed by atoms with Gasteiger partial charge in [0, 0.05) is 19.1 Å². The Morgan fingerprint density at radius 3 is 2.90 bits per heavy atom. The Kier molecular flexibility index (Phi) is 5.06. The molecule has 0 saturated carbocycles. The third-order valence-corrected chi connectivity index (χ3v) is 3.61. The van der Waals surface area contributed by atoms with Crippen molar-refractivity contribution in [2.24, 2.45) is 0 Å². The Morgan fingerprint density at radius 2 is 2.20 bits per heavy atom. The van der Waals surface area contributed by atoms with Gasteiger partial charge in [-0.3, -0.25) is 4.79 Å². The van der Waals surface area contributed by atoms with Crippen molar-refractivity contribution in [3.8, 4) is 0 Å². The molecule has 0 radical (unpaired) electrons. The molecule has 2 rings (SSSR count). The molecule has 1 fully saturated rings. The van der Waals surface area contributed by atoms with E-state index in [1.54, 1.807) is 4.90 Å². The second-order valence-electron chi connectivity index (χ2n) is 5.16. The standard InChI is InChI=1S/C15H20F2N2O/c1-2-18-12-4-3-7-19(10-12)15(20)9-11-5-6-13(16)14(17)8-11/h5-6,8,12,18H,2-4,7,9-10H2,1H3. The first-order valence-corrected chi connectivity index (χ1v) is 7.05. The summed E-state index contributed by atoms with van der Waals surface area (Å²) in [7, 11) is 0. The van der Waals surface area contributed by atoms with Crippen LogP contribution in [0.1, 0.15) is 25.3 Å². The molecule has 0 aliphatic carbocycles. The molecule has 1 aromatic carbocycles. The van der Waals surface area contributed by atoms with Crippen LogP contribution in [0.5, 0.6) is 0 Å². The maximum Gasteiger partial charge on any atom is 0.227 e. The topological polar surface area (TPSA) is 32.3 Å². The lowest BCUT2D eigenvalue weighted by molar-refractivity contribution is -0.131. The molecule has 1 aliphatic heterocycles. The van der Waals surface area contributed by atoms with Crippen LogP contribution in [-0.2, 0) is 11.2 Å². The molecule has 1 heterocycles. The van der Waals surface area contributed by atoms with Crippen molar-refractivity contribution in [2.75, 3.05) is 19.6 Å². The van der Waals surface area contributed by atoms with Crippen molar-refractivity contribution in [3.63, 3.8) is 0 Å². The van der Waals surface area contributed by atoms with E-state index in [-0.39, 0.29) is 12.3 Å². The van der Waals surface area contributed by atoms with Crippen LogP contribution in [-0.4, -0.2) is 36.5 Å². The Morgan fingerprint density at radius 1 is 1.40 bits per heavy atom. The average Bonchev–Trinajstić information content (AvgIpc) is 2.43. The number of nitrogens with one attached hydrogen (secondary N) is 1. The molecule has 3 nitrogen and oxygen atoms in total. The van der Waals surface area contributed by atoms with Gasteiger partial charge in [0.15, 0.2) is 11.6 Å². The number of carbonyl (C=O) groups excluding carboxylic acids is 1. The van der Waals surface area contributed by atoms with Crippen LogP contribution in [0.2, 0.25) is 0 Å². The predicted octanol–water partition coefficient (Wildman–Crippen LogP) is 2.11. The number of nitrogens with zero attached hydrogens (tertiary/aromatic N) is 1. The zero-order valence-electron chi connectivity index (χ0n) is 11.7. The van der Waals surface area contributed by atoms with E-state index in [4.69, 9.17) is 0 Å². The normalized spacial score (nSPS) is 19.1. The summed E-state index contributed by atoms with van der Waals surface area (Å²) in [5.74, 6) is -1.82. The van der Waals surface area contributed by atoms with Gasteiger partial charge in [0.1, 0.15) is 0 Å². The molecule has 1 N–H and O–H groups in total. The molecule has 1 atom stereocenters. The molecule has 110 valence electrons. The molecule has 0 spiro atoms. The zero-order valence-corrected chi connectivity index (χ0v) is 11.7. The maximum atomic E-state index is 13.1. The first-order valence-electron chi connectivity index (χ1n) is 7.05. The lowest BCUT2D eigenvalue weighted by Crippen LogP contribution is -2.48. The number of likely N-dealkylation sites (tertiary alicyclic amines) is 1. The molecule has 1 aliphatic rings. The molecule has 1 saturated heterocycles. The molecular formula is C15H20F2N2O. The molecule has 1 aromatic rings. The SMILES string of the molecule is CCNC1CCCN(C(=O)Cc2ccc(F)c(F)c2)C1. The van der Waals surface area contributed by atoms with Crippen LogP contribution in [0.25, 0.3) is 0 Å². The Labute approximate surface area is 118 Å². The number of hydrogen-bond acceptors (Lipinski definition) is 2. The summed E-state index contributed by atoms with van der Waals surface area (Å²) in [6.07, 6.45) is 2.17. The molecule has 0 aromatic heterocycles. The Hall–Kier alpha value is -1.49. The minimum absolute atomic E-state index is 0.0291. The lowest BCUT2D eigenvalue weighted by Gasteiger charge is -2.33. The van der Waals surface area contributed by atoms with Gasteiger partial charge in [-0.2, -0.15) is 0 Å². The number of rotatable bonds is 4. The predicted molar refractivity (Wildman–Crippen MR) is 73.3 cm³/mol. The van der Waals surface area contributed by atoms with Crippen LogP contribution in [0.15, 0.2) is 18.2 Å². The highest BCUT2D eigenvalue weighted by Crippen LogP contribution is 2.14. The van der Waals surface area contributed by atoms with Gasteiger partial charge < -0.3 is 10.2 Å². The Balaban J connectivity index is 1.95. The largest absolute Gasteiger partial charge is 0.341 e. The molecule has 20 heavy (non-hydrogen) atoms. The summed E-state index contributed by atoms with van der Waals surface area (Å²) >= 11 is 0. The summed E-state index contributed by atoms with van der Waals surface area (Å²) in [4.78, 5) is 14.0. The monoisotopic (exact) mass is 282 g/mol. The number of piperidine rings is 1. The van der Waals surface area contributed by atoms with Gasteiger partial charge >= 0.3 is 0 Å². The first kappa shape index (κ1) is 14.9. The minimum atomic E-state index is -0.903. The van der Waals surface area contributed by atoms with Crippen LogP contribution < -0.4 is 5.32 Å². The average molecular weight is 282 g/mol. The van der Waals surface area contributed by atoms with Crippen molar-refractivity contribution in [2.45, 2.75) is 32.2 Å². The number of amides is 1.